The van der Waals surface area contributed by atoms with Crippen molar-refractivity contribution in [1.29, 1.82) is 0 Å². The molecule has 9 heteroatoms. The maximum Gasteiger partial charge on any atom is 0.407 e. The molecule has 0 bridgehead atoms. The zero-order valence-electron chi connectivity index (χ0n) is 16.4. The fourth-order valence-electron chi connectivity index (χ4n) is 2.16. The van der Waals surface area contributed by atoms with Gasteiger partial charge in [0.15, 0.2) is 0 Å². The van der Waals surface area contributed by atoms with Crippen molar-refractivity contribution in [1.82, 2.24) is 5.32 Å². The molecule has 0 saturated heterocycles. The number of anilines is 1. The van der Waals surface area contributed by atoms with Crippen molar-refractivity contribution in [3.63, 3.8) is 0 Å². The minimum Gasteiger partial charge on any atom is -0.444 e. The fourth-order valence-corrected chi connectivity index (χ4v) is 2.16. The summed E-state index contributed by atoms with van der Waals surface area (Å²) in [5.41, 5.74) is 0.650. The van der Waals surface area contributed by atoms with Crippen LogP contribution in [0, 0.1) is 17.0 Å². The molecule has 2 N–H and O–H groups in total. The van der Waals surface area contributed by atoms with Gasteiger partial charge in [0.1, 0.15) is 11.3 Å². The van der Waals surface area contributed by atoms with Gasteiger partial charge in [0.25, 0.3) is 5.69 Å². The SMILES string of the molecule is Cc1cccc(NCCOCCOCCNC(=O)OC(C)(C)C)c1[N+](=O)[O-]. The van der Waals surface area contributed by atoms with E-state index in [0.717, 1.165) is 0 Å². The van der Waals surface area contributed by atoms with Crippen LogP contribution in [0.15, 0.2) is 18.2 Å². The molecule has 0 spiro atoms. The molecule has 0 aliphatic rings. The Kier molecular flexibility index (Phi) is 9.52. The number of alkyl carbamates (subject to hydrolysis) is 1. The number of amides is 1. The number of hydrogen-bond acceptors (Lipinski definition) is 7. The molecule has 0 aromatic heterocycles. The summed E-state index contributed by atoms with van der Waals surface area (Å²) in [6.45, 7) is 9.43. The first kappa shape index (κ1) is 22.7. The van der Waals surface area contributed by atoms with Gasteiger partial charge in [-0.3, -0.25) is 10.1 Å². The smallest absolute Gasteiger partial charge is 0.407 e. The van der Waals surface area contributed by atoms with Crippen LogP contribution in [0.4, 0.5) is 16.2 Å². The second-order valence-electron chi connectivity index (χ2n) is 6.81. The number of hydrogen-bond donors (Lipinski definition) is 2. The van der Waals surface area contributed by atoms with Gasteiger partial charge >= 0.3 is 6.09 Å². The van der Waals surface area contributed by atoms with Crippen LogP contribution in [-0.4, -0.2) is 56.1 Å². The van der Waals surface area contributed by atoms with Crippen molar-refractivity contribution in [3.8, 4) is 0 Å². The lowest BCUT2D eigenvalue weighted by atomic mass is 10.1. The second kappa shape index (κ2) is 11.3. The lowest BCUT2D eigenvalue weighted by molar-refractivity contribution is -0.384. The Balaban J connectivity index is 2.07. The second-order valence-corrected chi connectivity index (χ2v) is 6.81. The highest BCUT2D eigenvalue weighted by molar-refractivity contribution is 5.67. The molecule has 0 aliphatic heterocycles. The molecule has 1 rings (SSSR count). The van der Waals surface area contributed by atoms with E-state index in [2.05, 4.69) is 10.6 Å². The van der Waals surface area contributed by atoms with E-state index in [1.165, 1.54) is 0 Å². The van der Waals surface area contributed by atoms with Gasteiger partial charge in [-0.05, 0) is 33.8 Å². The first-order valence-electron chi connectivity index (χ1n) is 8.81. The minimum absolute atomic E-state index is 0.0818. The molecule has 0 unspecified atom stereocenters. The first-order valence-corrected chi connectivity index (χ1v) is 8.81. The lowest BCUT2D eigenvalue weighted by Crippen LogP contribution is -2.34. The number of ether oxygens (including phenoxy) is 3. The van der Waals surface area contributed by atoms with E-state index in [9.17, 15) is 14.9 Å². The van der Waals surface area contributed by atoms with Crippen LogP contribution in [0.25, 0.3) is 0 Å². The fraction of sp³-hybridized carbons (Fsp3) is 0.611. The molecular weight excluding hydrogens is 354 g/mol. The first-order chi connectivity index (χ1) is 12.7. The molecule has 1 aromatic carbocycles. The van der Waals surface area contributed by atoms with E-state index in [1.807, 2.05) is 0 Å². The number of aryl methyl sites for hydroxylation is 1. The summed E-state index contributed by atoms with van der Waals surface area (Å²) >= 11 is 0. The molecule has 0 saturated carbocycles. The van der Waals surface area contributed by atoms with Crippen LogP contribution in [-0.2, 0) is 14.2 Å². The molecule has 0 heterocycles. The van der Waals surface area contributed by atoms with E-state index in [0.29, 0.717) is 50.8 Å². The Labute approximate surface area is 159 Å². The Morgan fingerprint density at radius 1 is 1.11 bits per heavy atom. The van der Waals surface area contributed by atoms with Crippen molar-refractivity contribution in [2.24, 2.45) is 0 Å². The van der Waals surface area contributed by atoms with Crippen molar-refractivity contribution in [2.75, 3.05) is 44.8 Å². The topological polar surface area (TPSA) is 112 Å². The summed E-state index contributed by atoms with van der Waals surface area (Å²) < 4.78 is 15.8. The number of carbonyl (C=O) groups excluding carboxylic acids is 1. The van der Waals surface area contributed by atoms with Crippen LogP contribution in [0.2, 0.25) is 0 Å². The Morgan fingerprint density at radius 3 is 2.33 bits per heavy atom. The van der Waals surface area contributed by atoms with Gasteiger partial charge in [-0.1, -0.05) is 12.1 Å². The highest BCUT2D eigenvalue weighted by atomic mass is 16.6. The van der Waals surface area contributed by atoms with E-state index >= 15 is 0 Å². The maximum absolute atomic E-state index is 11.4. The number of nitrogens with zero attached hydrogens (tertiary/aromatic N) is 1. The Bertz CT molecular complexity index is 616. The monoisotopic (exact) mass is 383 g/mol. The Hall–Kier alpha value is -2.39. The molecule has 0 radical (unpaired) electrons. The van der Waals surface area contributed by atoms with Gasteiger partial charge < -0.3 is 24.8 Å². The van der Waals surface area contributed by atoms with Crippen LogP contribution < -0.4 is 10.6 Å². The molecule has 27 heavy (non-hydrogen) atoms. The van der Waals surface area contributed by atoms with Crippen LogP contribution in [0.3, 0.4) is 0 Å². The largest absolute Gasteiger partial charge is 0.444 e. The average Bonchev–Trinajstić information content (AvgIpc) is 2.54. The summed E-state index contributed by atoms with van der Waals surface area (Å²) in [6, 6.07) is 5.14. The predicted octanol–water partition coefficient (Wildman–Crippen LogP) is 2.87. The third-order valence-electron chi connectivity index (χ3n) is 3.27. The van der Waals surface area contributed by atoms with Crippen molar-refractivity contribution < 1.29 is 23.9 Å². The molecular formula is C18H29N3O6. The normalized spacial score (nSPS) is 11.1. The van der Waals surface area contributed by atoms with Gasteiger partial charge in [-0.25, -0.2) is 4.79 Å². The van der Waals surface area contributed by atoms with Gasteiger partial charge in [-0.2, -0.15) is 0 Å². The predicted molar refractivity (Wildman–Crippen MR) is 102 cm³/mol. The van der Waals surface area contributed by atoms with Crippen molar-refractivity contribution >= 4 is 17.5 Å². The number of carbonyl (C=O) groups is 1. The van der Waals surface area contributed by atoms with E-state index < -0.39 is 16.6 Å². The summed E-state index contributed by atoms with van der Waals surface area (Å²) in [7, 11) is 0. The molecule has 9 nitrogen and oxygen atoms in total. The quantitative estimate of drug-likeness (QED) is 0.343. The average molecular weight is 383 g/mol. The zero-order chi connectivity index (χ0) is 20.3. The summed E-state index contributed by atoms with van der Waals surface area (Å²) in [5.74, 6) is 0. The molecule has 1 aromatic rings. The lowest BCUT2D eigenvalue weighted by Gasteiger charge is -2.19. The minimum atomic E-state index is -0.522. The molecule has 152 valence electrons. The number of nitro groups is 1. The third-order valence-corrected chi connectivity index (χ3v) is 3.27. The number of rotatable bonds is 11. The van der Waals surface area contributed by atoms with Crippen LogP contribution >= 0.6 is 0 Å². The van der Waals surface area contributed by atoms with E-state index in [-0.39, 0.29) is 5.69 Å². The standard InChI is InChI=1S/C18H29N3O6/c1-14-6-5-7-15(16(14)21(23)24)19-8-10-25-12-13-26-11-9-20-17(22)27-18(2,3)4/h5-7,19H,8-13H2,1-4H3,(H,20,22). The number of nitrogens with one attached hydrogen (secondary N) is 2. The molecule has 0 fully saturated rings. The number of nitro benzene ring substituents is 1. The highest BCUT2D eigenvalue weighted by Gasteiger charge is 2.16. The summed E-state index contributed by atoms with van der Waals surface area (Å²) in [5, 5.41) is 16.7. The highest BCUT2D eigenvalue weighted by Crippen LogP contribution is 2.27. The molecule has 1 amide bonds. The van der Waals surface area contributed by atoms with Crippen LogP contribution in [0.1, 0.15) is 26.3 Å². The summed E-state index contributed by atoms with van der Waals surface area (Å²) in [6.07, 6.45) is -0.473. The molecule has 0 atom stereocenters. The summed E-state index contributed by atoms with van der Waals surface area (Å²) in [4.78, 5) is 22.1. The van der Waals surface area contributed by atoms with Gasteiger partial charge in [0.2, 0.25) is 0 Å². The number of benzene rings is 1. The number of para-hydroxylation sites is 1. The third kappa shape index (κ3) is 9.76. The van der Waals surface area contributed by atoms with Crippen molar-refractivity contribution in [2.45, 2.75) is 33.3 Å². The molecule has 0 aliphatic carbocycles. The van der Waals surface area contributed by atoms with E-state index in [1.54, 1.807) is 45.9 Å². The van der Waals surface area contributed by atoms with Crippen LogP contribution in [0.5, 0.6) is 0 Å². The van der Waals surface area contributed by atoms with Crippen molar-refractivity contribution in [3.05, 3.63) is 33.9 Å². The maximum atomic E-state index is 11.4. The van der Waals surface area contributed by atoms with Gasteiger partial charge in [0, 0.05) is 18.7 Å². The van der Waals surface area contributed by atoms with E-state index in [4.69, 9.17) is 14.2 Å². The Morgan fingerprint density at radius 2 is 1.74 bits per heavy atom. The van der Waals surface area contributed by atoms with Gasteiger partial charge in [0.05, 0.1) is 31.4 Å². The van der Waals surface area contributed by atoms with Gasteiger partial charge in [-0.15, -0.1) is 0 Å². The zero-order valence-corrected chi connectivity index (χ0v) is 16.4.